The maximum atomic E-state index is 12.0. The Morgan fingerprint density at radius 2 is 2.26 bits per heavy atom. The van der Waals surface area contributed by atoms with Crippen molar-refractivity contribution in [1.29, 1.82) is 0 Å². The summed E-state index contributed by atoms with van der Waals surface area (Å²) in [5, 5.41) is 7.26. The molecule has 0 saturated carbocycles. The first-order chi connectivity index (χ1) is 8.16. The number of halogens is 2. The number of thiazole rings is 1. The number of hydrogen-bond acceptors (Lipinski definition) is 4. The lowest BCUT2D eigenvalue weighted by atomic mass is 10.0. The van der Waals surface area contributed by atoms with E-state index in [1.807, 2.05) is 20.0 Å². The largest absolute Gasteiger partial charge is 0.346 e. The van der Waals surface area contributed by atoms with Crippen molar-refractivity contribution in [3.8, 4) is 0 Å². The predicted molar refractivity (Wildman–Crippen MR) is 83.5 cm³/mol. The number of rotatable bonds is 3. The van der Waals surface area contributed by atoms with Crippen LogP contribution in [0.5, 0.6) is 0 Å². The van der Waals surface area contributed by atoms with Gasteiger partial charge in [-0.15, -0.1) is 36.2 Å². The summed E-state index contributed by atoms with van der Waals surface area (Å²) < 4.78 is 0. The summed E-state index contributed by atoms with van der Waals surface area (Å²) in [5.74, 6) is 0.102. The number of aromatic nitrogens is 1. The lowest BCUT2D eigenvalue weighted by Gasteiger charge is -2.24. The van der Waals surface area contributed by atoms with Crippen LogP contribution in [0.1, 0.15) is 42.1 Å². The van der Waals surface area contributed by atoms with Crippen LogP contribution in [-0.2, 0) is 4.79 Å². The topological polar surface area (TPSA) is 54.0 Å². The molecule has 19 heavy (non-hydrogen) atoms. The Kier molecular flexibility index (Phi) is 8.57. The zero-order valence-electron chi connectivity index (χ0n) is 11.1. The molecular weight excluding hydrogens is 305 g/mol. The number of amides is 1. The summed E-state index contributed by atoms with van der Waals surface area (Å²) in [6.07, 6.45) is 5.10. The molecule has 2 atom stereocenters. The quantitative estimate of drug-likeness (QED) is 0.898. The van der Waals surface area contributed by atoms with E-state index >= 15 is 0 Å². The minimum absolute atomic E-state index is 0. The Morgan fingerprint density at radius 1 is 1.53 bits per heavy atom. The fraction of sp³-hybridized carbons (Fsp3) is 0.667. The van der Waals surface area contributed by atoms with Crippen LogP contribution < -0.4 is 10.6 Å². The summed E-state index contributed by atoms with van der Waals surface area (Å²) >= 11 is 1.64. The second kappa shape index (κ2) is 8.74. The van der Waals surface area contributed by atoms with Crippen LogP contribution in [0.15, 0.2) is 6.20 Å². The summed E-state index contributed by atoms with van der Waals surface area (Å²) in [6.45, 7) is 4.96. The van der Waals surface area contributed by atoms with E-state index in [2.05, 4.69) is 15.6 Å². The van der Waals surface area contributed by atoms with E-state index < -0.39 is 0 Å². The zero-order valence-corrected chi connectivity index (χ0v) is 13.6. The van der Waals surface area contributed by atoms with Gasteiger partial charge >= 0.3 is 0 Å². The van der Waals surface area contributed by atoms with Crippen molar-refractivity contribution in [3.63, 3.8) is 0 Å². The van der Waals surface area contributed by atoms with Crippen LogP contribution in [0.25, 0.3) is 0 Å². The third-order valence-electron chi connectivity index (χ3n) is 3.00. The third-order valence-corrected chi connectivity index (χ3v) is 4.09. The van der Waals surface area contributed by atoms with Crippen molar-refractivity contribution in [2.45, 2.75) is 45.2 Å². The number of hydrogen-bond donors (Lipinski definition) is 2. The Bertz CT molecular complexity index is 394. The minimum Gasteiger partial charge on any atom is -0.346 e. The average Bonchev–Trinajstić information content (AvgIpc) is 2.77. The third kappa shape index (κ3) is 5.26. The van der Waals surface area contributed by atoms with Crippen molar-refractivity contribution < 1.29 is 4.79 Å². The fourth-order valence-corrected chi connectivity index (χ4v) is 2.80. The first-order valence-electron chi connectivity index (χ1n) is 6.13. The normalized spacial score (nSPS) is 19.8. The molecule has 2 rings (SSSR count). The van der Waals surface area contributed by atoms with Gasteiger partial charge < -0.3 is 10.6 Å². The molecule has 1 aliphatic heterocycles. The minimum atomic E-state index is -0.0211. The van der Waals surface area contributed by atoms with E-state index in [1.54, 1.807) is 11.3 Å². The molecule has 7 heteroatoms. The highest BCUT2D eigenvalue weighted by Crippen LogP contribution is 2.19. The van der Waals surface area contributed by atoms with Gasteiger partial charge in [0.15, 0.2) is 0 Å². The van der Waals surface area contributed by atoms with Gasteiger partial charge in [0.05, 0.1) is 12.1 Å². The second-order valence-corrected chi connectivity index (χ2v) is 5.81. The number of nitrogens with one attached hydrogen (secondary N) is 2. The van der Waals surface area contributed by atoms with Crippen molar-refractivity contribution in [1.82, 2.24) is 15.6 Å². The smallest absolute Gasteiger partial charge is 0.237 e. The van der Waals surface area contributed by atoms with Gasteiger partial charge in [0.1, 0.15) is 5.01 Å². The van der Waals surface area contributed by atoms with Gasteiger partial charge in [0, 0.05) is 11.1 Å². The Hall–Kier alpha value is -0.360. The number of carbonyl (C=O) groups excluding carboxylic acids is 1. The van der Waals surface area contributed by atoms with E-state index in [-0.39, 0.29) is 42.8 Å². The van der Waals surface area contributed by atoms with Crippen LogP contribution in [0, 0.1) is 6.92 Å². The zero-order chi connectivity index (χ0) is 12.3. The molecule has 1 aliphatic rings. The van der Waals surface area contributed by atoms with Gasteiger partial charge in [-0.2, -0.15) is 0 Å². The number of nitrogens with zero attached hydrogens (tertiary/aromatic N) is 1. The number of carbonyl (C=O) groups is 1. The first kappa shape index (κ1) is 18.6. The molecule has 1 amide bonds. The van der Waals surface area contributed by atoms with E-state index in [4.69, 9.17) is 0 Å². The number of piperidine rings is 1. The van der Waals surface area contributed by atoms with Crippen LogP contribution in [0.4, 0.5) is 0 Å². The molecule has 1 aromatic rings. The highest BCUT2D eigenvalue weighted by molar-refractivity contribution is 7.11. The van der Waals surface area contributed by atoms with Crippen molar-refractivity contribution >= 4 is 42.1 Å². The lowest BCUT2D eigenvalue weighted by molar-refractivity contribution is -0.124. The Balaban J connectivity index is 0.00000162. The first-order valence-corrected chi connectivity index (χ1v) is 6.94. The highest BCUT2D eigenvalue weighted by atomic mass is 35.5. The molecule has 1 aromatic heterocycles. The summed E-state index contributed by atoms with van der Waals surface area (Å²) in [6, 6.07) is -0.0165. The van der Waals surface area contributed by atoms with Gasteiger partial charge in [-0.05, 0) is 33.2 Å². The molecule has 2 N–H and O–H groups in total. The van der Waals surface area contributed by atoms with E-state index in [1.165, 1.54) is 11.3 Å². The molecule has 2 heterocycles. The maximum absolute atomic E-state index is 12.0. The van der Waals surface area contributed by atoms with Gasteiger partial charge in [-0.3, -0.25) is 4.79 Å². The lowest BCUT2D eigenvalue weighted by Crippen LogP contribution is -2.47. The molecule has 0 radical (unpaired) electrons. The molecule has 0 bridgehead atoms. The van der Waals surface area contributed by atoms with Gasteiger partial charge in [-0.25, -0.2) is 4.98 Å². The van der Waals surface area contributed by atoms with Crippen LogP contribution in [0.2, 0.25) is 0 Å². The molecule has 1 saturated heterocycles. The molecule has 0 spiro atoms. The molecule has 0 aliphatic carbocycles. The van der Waals surface area contributed by atoms with Crippen LogP contribution >= 0.6 is 36.2 Å². The monoisotopic (exact) mass is 325 g/mol. The fourth-order valence-electron chi connectivity index (χ4n) is 2.02. The SMILES string of the molecule is Cc1cnc(C(C)NC(=O)[C@@H]2CCCCN2)s1.Cl.Cl. The molecule has 4 nitrogen and oxygen atoms in total. The number of aryl methyl sites for hydroxylation is 1. The summed E-state index contributed by atoms with van der Waals surface area (Å²) in [5.41, 5.74) is 0. The van der Waals surface area contributed by atoms with Gasteiger partial charge in [-0.1, -0.05) is 6.42 Å². The standard InChI is InChI=1S/C12H19N3OS.2ClH/c1-8-7-14-12(17-8)9(2)15-11(16)10-5-3-4-6-13-10;;/h7,9-10,13H,3-6H2,1-2H3,(H,15,16);2*1H/t9?,10-;;/m0../s1. The predicted octanol–water partition coefficient (Wildman–Crippen LogP) is 2.61. The molecule has 110 valence electrons. The van der Waals surface area contributed by atoms with Crippen molar-refractivity contribution in [2.75, 3.05) is 6.54 Å². The van der Waals surface area contributed by atoms with E-state index in [0.717, 1.165) is 24.4 Å². The molecule has 1 unspecified atom stereocenters. The highest BCUT2D eigenvalue weighted by Gasteiger charge is 2.22. The van der Waals surface area contributed by atoms with Crippen molar-refractivity contribution in [2.24, 2.45) is 0 Å². The summed E-state index contributed by atoms with van der Waals surface area (Å²) in [7, 11) is 0. The van der Waals surface area contributed by atoms with Gasteiger partial charge in [0.2, 0.25) is 5.91 Å². The maximum Gasteiger partial charge on any atom is 0.237 e. The molecule has 0 aromatic carbocycles. The Morgan fingerprint density at radius 3 is 2.79 bits per heavy atom. The Labute approximate surface area is 130 Å². The van der Waals surface area contributed by atoms with Crippen molar-refractivity contribution in [3.05, 3.63) is 16.1 Å². The second-order valence-electron chi connectivity index (χ2n) is 4.54. The molecule has 1 fully saturated rings. The average molecular weight is 326 g/mol. The van der Waals surface area contributed by atoms with Crippen LogP contribution in [0.3, 0.4) is 0 Å². The molecular formula is C12H21Cl2N3OS. The van der Waals surface area contributed by atoms with E-state index in [9.17, 15) is 4.79 Å². The van der Waals surface area contributed by atoms with Gasteiger partial charge in [0.25, 0.3) is 0 Å². The summed E-state index contributed by atoms with van der Waals surface area (Å²) in [4.78, 5) is 17.5. The van der Waals surface area contributed by atoms with E-state index in [0.29, 0.717) is 0 Å². The van der Waals surface area contributed by atoms with Crippen LogP contribution in [-0.4, -0.2) is 23.5 Å².